The van der Waals surface area contributed by atoms with E-state index < -0.39 is 0 Å². The molecule has 5 aromatic carbocycles. The van der Waals surface area contributed by atoms with Crippen molar-refractivity contribution in [2.24, 2.45) is 0 Å². The van der Waals surface area contributed by atoms with Crippen molar-refractivity contribution in [1.29, 1.82) is 0 Å². The number of hydrogen-bond donors (Lipinski definition) is 0. The summed E-state index contributed by atoms with van der Waals surface area (Å²) in [6.07, 6.45) is 0. The summed E-state index contributed by atoms with van der Waals surface area (Å²) >= 11 is 6.19. The van der Waals surface area contributed by atoms with Gasteiger partial charge in [0, 0.05) is 5.02 Å². The summed E-state index contributed by atoms with van der Waals surface area (Å²) in [5, 5.41) is 8.28. The first-order valence-corrected chi connectivity index (χ1v) is 8.78. The van der Waals surface area contributed by atoms with Crippen molar-refractivity contribution in [1.82, 2.24) is 0 Å². The third-order valence-electron chi connectivity index (χ3n) is 4.88. The van der Waals surface area contributed by atoms with Gasteiger partial charge < -0.3 is 0 Å². The molecule has 0 heterocycles. The van der Waals surface area contributed by atoms with Gasteiger partial charge in [-0.2, -0.15) is 0 Å². The summed E-state index contributed by atoms with van der Waals surface area (Å²) in [4.78, 5) is 0. The molecule has 0 spiro atoms. The van der Waals surface area contributed by atoms with Gasteiger partial charge in [-0.25, -0.2) is 0 Å². The first kappa shape index (κ1) is 14.5. The van der Waals surface area contributed by atoms with E-state index in [2.05, 4.69) is 78.9 Å². The fourth-order valence-electron chi connectivity index (χ4n) is 3.68. The lowest BCUT2D eigenvalue weighted by atomic mass is 9.92. The quantitative estimate of drug-likeness (QED) is 0.278. The van der Waals surface area contributed by atoms with Crippen LogP contribution in [0, 0.1) is 0 Å². The molecule has 0 aliphatic rings. The second-order valence-corrected chi connectivity index (χ2v) is 6.83. The van der Waals surface area contributed by atoms with E-state index in [1.807, 2.05) is 12.1 Å². The van der Waals surface area contributed by atoms with Gasteiger partial charge in [-0.05, 0) is 67.7 Å². The van der Waals surface area contributed by atoms with Gasteiger partial charge in [-0.1, -0.05) is 78.3 Å². The third kappa shape index (κ3) is 2.38. The van der Waals surface area contributed by atoms with E-state index in [9.17, 15) is 0 Å². The van der Waals surface area contributed by atoms with E-state index in [4.69, 9.17) is 11.6 Å². The molecule has 0 atom stereocenters. The molecule has 0 amide bonds. The lowest BCUT2D eigenvalue weighted by molar-refractivity contribution is 1.69. The molecule has 118 valence electrons. The Balaban J connectivity index is 1.87. The van der Waals surface area contributed by atoms with E-state index in [0.717, 1.165) is 5.02 Å². The molecule has 1 heteroatoms. The van der Waals surface area contributed by atoms with E-state index in [0.29, 0.717) is 0 Å². The molecule has 0 N–H and O–H groups in total. The molecular weight excluding hydrogens is 324 g/mol. The smallest absolute Gasteiger partial charge is 0.0412 e. The molecule has 0 saturated heterocycles. The largest absolute Gasteiger partial charge is 0.0843 e. The van der Waals surface area contributed by atoms with E-state index in [1.54, 1.807) is 0 Å². The molecule has 0 aromatic heterocycles. The Kier molecular flexibility index (Phi) is 3.26. The van der Waals surface area contributed by atoms with Crippen molar-refractivity contribution in [3.8, 4) is 11.1 Å². The van der Waals surface area contributed by atoms with E-state index in [-0.39, 0.29) is 0 Å². The Morgan fingerprint density at radius 2 is 1.20 bits per heavy atom. The number of rotatable bonds is 1. The second-order valence-electron chi connectivity index (χ2n) is 6.40. The van der Waals surface area contributed by atoms with Crippen LogP contribution in [0.3, 0.4) is 0 Å². The lowest BCUT2D eigenvalue weighted by Gasteiger charge is -2.12. The van der Waals surface area contributed by atoms with E-state index >= 15 is 0 Å². The number of benzene rings is 5. The molecule has 5 rings (SSSR count). The summed E-state index contributed by atoms with van der Waals surface area (Å²) in [6, 6.07) is 32.2. The monoisotopic (exact) mass is 338 g/mol. The van der Waals surface area contributed by atoms with Crippen molar-refractivity contribution in [3.63, 3.8) is 0 Å². The second kappa shape index (κ2) is 5.61. The summed E-state index contributed by atoms with van der Waals surface area (Å²) in [5.74, 6) is 0. The zero-order chi connectivity index (χ0) is 16.8. The SMILES string of the molecule is Clc1ccc2ccc(-c3cc4ccccc4c4ccccc34)cc2c1. The highest BCUT2D eigenvalue weighted by molar-refractivity contribution is 6.31. The molecule has 0 aliphatic carbocycles. The van der Waals surface area contributed by atoms with Gasteiger partial charge in [0.1, 0.15) is 0 Å². The van der Waals surface area contributed by atoms with Crippen LogP contribution in [-0.2, 0) is 0 Å². The van der Waals surface area contributed by atoms with Crippen molar-refractivity contribution >= 4 is 43.9 Å². The predicted octanol–water partition coefficient (Wildman–Crippen LogP) is 7.47. The Bertz CT molecular complexity index is 1250. The molecule has 0 radical (unpaired) electrons. The Labute approximate surface area is 151 Å². The minimum Gasteiger partial charge on any atom is -0.0843 e. The summed E-state index contributed by atoms with van der Waals surface area (Å²) in [5.41, 5.74) is 2.48. The minimum atomic E-state index is 0.771. The van der Waals surface area contributed by atoms with Gasteiger partial charge >= 0.3 is 0 Å². The maximum absolute atomic E-state index is 6.19. The maximum Gasteiger partial charge on any atom is 0.0412 e. The highest BCUT2D eigenvalue weighted by Crippen LogP contribution is 2.36. The first-order valence-electron chi connectivity index (χ1n) is 8.40. The molecule has 25 heavy (non-hydrogen) atoms. The molecule has 5 aromatic rings. The van der Waals surface area contributed by atoms with Crippen LogP contribution < -0.4 is 0 Å². The van der Waals surface area contributed by atoms with Crippen LogP contribution in [0.5, 0.6) is 0 Å². The van der Waals surface area contributed by atoms with Crippen molar-refractivity contribution < 1.29 is 0 Å². The summed E-state index contributed by atoms with van der Waals surface area (Å²) in [6.45, 7) is 0. The summed E-state index contributed by atoms with van der Waals surface area (Å²) in [7, 11) is 0. The topological polar surface area (TPSA) is 0 Å². The zero-order valence-corrected chi connectivity index (χ0v) is 14.3. The van der Waals surface area contributed by atoms with Crippen molar-refractivity contribution in [2.45, 2.75) is 0 Å². The fourth-order valence-corrected chi connectivity index (χ4v) is 3.86. The van der Waals surface area contributed by atoms with Gasteiger partial charge in [0.15, 0.2) is 0 Å². The highest BCUT2D eigenvalue weighted by atomic mass is 35.5. The number of fused-ring (bicyclic) bond motifs is 4. The first-order chi connectivity index (χ1) is 12.3. The zero-order valence-electron chi connectivity index (χ0n) is 13.5. The Hall–Kier alpha value is -2.83. The number of halogens is 1. The van der Waals surface area contributed by atoms with E-state index in [1.165, 1.54) is 43.4 Å². The average molecular weight is 339 g/mol. The summed E-state index contributed by atoms with van der Waals surface area (Å²) < 4.78 is 0. The normalized spacial score (nSPS) is 11.4. The van der Waals surface area contributed by atoms with Crippen LogP contribution in [0.1, 0.15) is 0 Å². The Morgan fingerprint density at radius 3 is 2.08 bits per heavy atom. The fraction of sp³-hybridized carbons (Fsp3) is 0. The molecule has 0 bridgehead atoms. The molecular formula is C24H15Cl. The molecule has 0 fully saturated rings. The van der Waals surface area contributed by atoms with Crippen LogP contribution in [0.15, 0.2) is 91.0 Å². The van der Waals surface area contributed by atoms with Crippen LogP contribution in [0.4, 0.5) is 0 Å². The molecule has 0 aliphatic heterocycles. The standard InChI is InChI=1S/C24H15Cl/c25-20-12-11-16-9-10-18(13-19(16)14-20)24-15-17-5-1-2-6-21(17)22-7-3-4-8-23(22)24/h1-15H. The molecule has 0 unspecified atom stereocenters. The Morgan fingerprint density at radius 1 is 0.480 bits per heavy atom. The lowest BCUT2D eigenvalue weighted by Crippen LogP contribution is -1.85. The van der Waals surface area contributed by atoms with Gasteiger partial charge in [0.05, 0.1) is 0 Å². The van der Waals surface area contributed by atoms with Gasteiger partial charge in [0.25, 0.3) is 0 Å². The average Bonchev–Trinajstić information content (AvgIpc) is 2.67. The van der Waals surface area contributed by atoms with Crippen molar-refractivity contribution in [2.75, 3.05) is 0 Å². The maximum atomic E-state index is 6.19. The molecule has 0 saturated carbocycles. The van der Waals surface area contributed by atoms with Gasteiger partial charge in [-0.15, -0.1) is 0 Å². The predicted molar refractivity (Wildman–Crippen MR) is 109 cm³/mol. The highest BCUT2D eigenvalue weighted by Gasteiger charge is 2.08. The van der Waals surface area contributed by atoms with Crippen LogP contribution >= 0.6 is 11.6 Å². The van der Waals surface area contributed by atoms with Gasteiger partial charge in [0.2, 0.25) is 0 Å². The van der Waals surface area contributed by atoms with Crippen LogP contribution in [0.25, 0.3) is 43.4 Å². The molecule has 0 nitrogen and oxygen atoms in total. The minimum absolute atomic E-state index is 0.771. The third-order valence-corrected chi connectivity index (χ3v) is 5.12. The van der Waals surface area contributed by atoms with Gasteiger partial charge in [-0.3, -0.25) is 0 Å². The van der Waals surface area contributed by atoms with Crippen molar-refractivity contribution in [3.05, 3.63) is 96.0 Å². The van der Waals surface area contributed by atoms with Crippen LogP contribution in [-0.4, -0.2) is 0 Å². The number of hydrogen-bond acceptors (Lipinski definition) is 0. The van der Waals surface area contributed by atoms with Crippen LogP contribution in [0.2, 0.25) is 5.02 Å².